The molecule has 2 rings (SSSR count). The first-order valence-electron chi connectivity index (χ1n) is 7.41. The lowest BCUT2D eigenvalue weighted by atomic mass is 10.1. The largest absolute Gasteiger partial charge is 0.373 e. The van der Waals surface area contributed by atoms with Gasteiger partial charge in [0.05, 0.1) is 0 Å². The molecule has 4 heteroatoms. The van der Waals surface area contributed by atoms with Crippen molar-refractivity contribution in [3.05, 3.63) is 41.2 Å². The zero-order valence-corrected chi connectivity index (χ0v) is 13.6. The van der Waals surface area contributed by atoms with Crippen molar-refractivity contribution >= 4 is 17.3 Å². The number of rotatable bonds is 5. The van der Waals surface area contributed by atoms with E-state index in [1.165, 1.54) is 22.4 Å². The monoisotopic (exact) mass is 284 g/mol. The van der Waals surface area contributed by atoms with Gasteiger partial charge in [-0.1, -0.05) is 31.0 Å². The van der Waals surface area contributed by atoms with E-state index in [9.17, 15) is 0 Å². The number of hydrogen-bond donors (Lipinski definition) is 1. The fourth-order valence-electron chi connectivity index (χ4n) is 2.68. The van der Waals surface area contributed by atoms with E-state index in [2.05, 4.69) is 66.2 Å². The summed E-state index contributed by atoms with van der Waals surface area (Å²) < 4.78 is 0. The van der Waals surface area contributed by atoms with E-state index >= 15 is 0 Å². The summed E-state index contributed by atoms with van der Waals surface area (Å²) in [5, 5.41) is 3.17. The molecule has 1 heterocycles. The molecule has 112 valence electrons. The van der Waals surface area contributed by atoms with Gasteiger partial charge in [-0.3, -0.25) is 0 Å². The maximum absolute atomic E-state index is 4.52. The fourth-order valence-corrected chi connectivity index (χ4v) is 2.68. The molecule has 0 atom stereocenters. The molecule has 2 aromatic rings. The molecule has 0 unspecified atom stereocenters. The van der Waals surface area contributed by atoms with Crippen LogP contribution in [0.15, 0.2) is 24.5 Å². The van der Waals surface area contributed by atoms with Crippen LogP contribution >= 0.6 is 0 Å². The van der Waals surface area contributed by atoms with E-state index in [4.69, 9.17) is 0 Å². The van der Waals surface area contributed by atoms with Crippen molar-refractivity contribution in [2.75, 3.05) is 24.3 Å². The van der Waals surface area contributed by atoms with Gasteiger partial charge in [-0.15, -0.1) is 0 Å². The molecule has 0 spiro atoms. The molecule has 21 heavy (non-hydrogen) atoms. The zero-order chi connectivity index (χ0) is 15.4. The van der Waals surface area contributed by atoms with Gasteiger partial charge in [-0.2, -0.15) is 0 Å². The predicted molar refractivity (Wildman–Crippen MR) is 89.6 cm³/mol. The summed E-state index contributed by atoms with van der Waals surface area (Å²) in [5.41, 5.74) is 4.88. The number of aromatic nitrogens is 2. The summed E-state index contributed by atoms with van der Waals surface area (Å²) in [7, 11) is 3.97. The predicted octanol–water partition coefficient (Wildman–Crippen LogP) is 3.86. The van der Waals surface area contributed by atoms with Crippen molar-refractivity contribution in [2.24, 2.45) is 0 Å². The topological polar surface area (TPSA) is 41.1 Å². The summed E-state index contributed by atoms with van der Waals surface area (Å²) in [4.78, 5) is 11.0. The molecule has 0 aliphatic carbocycles. The summed E-state index contributed by atoms with van der Waals surface area (Å²) in [6.45, 7) is 6.43. The van der Waals surface area contributed by atoms with Gasteiger partial charge < -0.3 is 10.2 Å². The third-order valence-electron chi connectivity index (χ3n) is 3.69. The number of hydrogen-bond acceptors (Lipinski definition) is 4. The Morgan fingerprint density at radius 2 is 1.95 bits per heavy atom. The second-order valence-electron chi connectivity index (χ2n) is 5.37. The Kier molecular flexibility index (Phi) is 4.78. The molecule has 0 amide bonds. The molecule has 0 saturated heterocycles. The molecule has 1 aromatic carbocycles. The van der Waals surface area contributed by atoms with Crippen LogP contribution in [0.25, 0.3) is 0 Å². The lowest BCUT2D eigenvalue weighted by Crippen LogP contribution is -2.16. The van der Waals surface area contributed by atoms with Crippen molar-refractivity contribution in [2.45, 2.75) is 33.6 Å². The maximum atomic E-state index is 4.52. The SMILES string of the molecule is CCCc1c(NC)ncnc1N(C)c1ccc(C)cc1C. The quantitative estimate of drug-likeness (QED) is 0.905. The van der Waals surface area contributed by atoms with E-state index in [0.29, 0.717) is 0 Å². The molecule has 0 bridgehead atoms. The van der Waals surface area contributed by atoms with E-state index < -0.39 is 0 Å². The third kappa shape index (κ3) is 3.15. The van der Waals surface area contributed by atoms with Crippen LogP contribution in [0.4, 0.5) is 17.3 Å². The molecule has 1 aromatic heterocycles. The highest BCUT2D eigenvalue weighted by Gasteiger charge is 2.16. The van der Waals surface area contributed by atoms with E-state index in [0.717, 1.165) is 24.5 Å². The molecule has 0 aliphatic rings. The smallest absolute Gasteiger partial charge is 0.141 e. The summed E-state index contributed by atoms with van der Waals surface area (Å²) in [5.74, 6) is 1.89. The van der Waals surface area contributed by atoms with E-state index in [1.54, 1.807) is 6.33 Å². The molecule has 0 fully saturated rings. The van der Waals surface area contributed by atoms with Crippen molar-refractivity contribution in [3.8, 4) is 0 Å². The van der Waals surface area contributed by atoms with Crippen LogP contribution < -0.4 is 10.2 Å². The maximum Gasteiger partial charge on any atom is 0.141 e. The molecule has 4 nitrogen and oxygen atoms in total. The van der Waals surface area contributed by atoms with Gasteiger partial charge in [0.15, 0.2) is 0 Å². The zero-order valence-electron chi connectivity index (χ0n) is 13.6. The highest BCUT2D eigenvalue weighted by molar-refractivity contribution is 5.69. The molecular formula is C17H24N4. The normalized spacial score (nSPS) is 10.5. The molecule has 0 saturated carbocycles. The number of anilines is 3. The van der Waals surface area contributed by atoms with Crippen molar-refractivity contribution in [1.29, 1.82) is 0 Å². The lowest BCUT2D eigenvalue weighted by Gasteiger charge is -2.24. The van der Waals surface area contributed by atoms with Gasteiger partial charge in [0.25, 0.3) is 0 Å². The molecule has 0 aliphatic heterocycles. The van der Waals surface area contributed by atoms with Crippen molar-refractivity contribution in [1.82, 2.24) is 9.97 Å². The van der Waals surface area contributed by atoms with Crippen molar-refractivity contribution in [3.63, 3.8) is 0 Å². The Balaban J connectivity index is 2.49. The van der Waals surface area contributed by atoms with Crippen LogP contribution in [0.5, 0.6) is 0 Å². The highest BCUT2D eigenvalue weighted by atomic mass is 15.2. The minimum atomic E-state index is 0.915. The third-order valence-corrected chi connectivity index (χ3v) is 3.69. The first-order chi connectivity index (χ1) is 10.1. The summed E-state index contributed by atoms with van der Waals surface area (Å²) in [6.07, 6.45) is 3.65. The van der Waals surface area contributed by atoms with Gasteiger partial charge in [0.1, 0.15) is 18.0 Å². The van der Waals surface area contributed by atoms with Gasteiger partial charge in [-0.25, -0.2) is 9.97 Å². The van der Waals surface area contributed by atoms with Crippen LogP contribution in [0.3, 0.4) is 0 Å². The Bertz CT molecular complexity index is 622. The first-order valence-corrected chi connectivity index (χ1v) is 7.41. The summed E-state index contributed by atoms with van der Waals surface area (Å²) >= 11 is 0. The van der Waals surface area contributed by atoms with E-state index in [1.807, 2.05) is 7.05 Å². The van der Waals surface area contributed by atoms with Crippen molar-refractivity contribution < 1.29 is 0 Å². The molecule has 1 N–H and O–H groups in total. The van der Waals surface area contributed by atoms with Gasteiger partial charge >= 0.3 is 0 Å². The number of benzene rings is 1. The average molecular weight is 284 g/mol. The average Bonchev–Trinajstić information content (AvgIpc) is 2.47. The lowest BCUT2D eigenvalue weighted by molar-refractivity contribution is 0.893. The second kappa shape index (κ2) is 6.57. The van der Waals surface area contributed by atoms with Crippen LogP contribution in [0.1, 0.15) is 30.0 Å². The molecule has 0 radical (unpaired) electrons. The van der Waals surface area contributed by atoms with E-state index in [-0.39, 0.29) is 0 Å². The Morgan fingerprint density at radius 1 is 1.19 bits per heavy atom. The van der Waals surface area contributed by atoms with Crippen LogP contribution in [0.2, 0.25) is 0 Å². The number of nitrogens with one attached hydrogen (secondary N) is 1. The standard InChI is InChI=1S/C17H24N4/c1-6-7-14-16(18-4)19-11-20-17(14)21(5)15-9-8-12(2)10-13(15)3/h8-11H,6-7H2,1-5H3,(H,18,19,20). The van der Waals surface area contributed by atoms with Crippen LogP contribution in [-0.4, -0.2) is 24.1 Å². The Labute approximate surface area is 127 Å². The van der Waals surface area contributed by atoms with Gasteiger partial charge in [0, 0.05) is 25.3 Å². The minimum Gasteiger partial charge on any atom is -0.373 e. The van der Waals surface area contributed by atoms with Gasteiger partial charge in [-0.05, 0) is 31.9 Å². The molecular weight excluding hydrogens is 260 g/mol. The first kappa shape index (κ1) is 15.3. The minimum absolute atomic E-state index is 0.915. The highest BCUT2D eigenvalue weighted by Crippen LogP contribution is 2.31. The fraction of sp³-hybridized carbons (Fsp3) is 0.412. The van der Waals surface area contributed by atoms with Crippen LogP contribution in [-0.2, 0) is 6.42 Å². The van der Waals surface area contributed by atoms with Crippen LogP contribution in [0, 0.1) is 13.8 Å². The Hall–Kier alpha value is -2.10. The Morgan fingerprint density at radius 3 is 2.57 bits per heavy atom. The second-order valence-corrected chi connectivity index (χ2v) is 5.37. The number of aryl methyl sites for hydroxylation is 2. The van der Waals surface area contributed by atoms with Gasteiger partial charge in [0.2, 0.25) is 0 Å². The summed E-state index contributed by atoms with van der Waals surface area (Å²) in [6, 6.07) is 6.49. The number of nitrogens with zero attached hydrogens (tertiary/aromatic N) is 3.